The first-order chi connectivity index (χ1) is 8.56. The van der Waals surface area contributed by atoms with Gasteiger partial charge in [-0.25, -0.2) is 9.78 Å². The number of aromatic carboxylic acids is 1. The number of piperidine rings is 1. The number of hydrogen-bond donors (Lipinski definition) is 2. The van der Waals surface area contributed by atoms with Crippen LogP contribution >= 0.6 is 0 Å². The molecule has 98 valence electrons. The molecule has 6 heteroatoms. The number of carboxylic acids is 1. The zero-order valence-electron chi connectivity index (χ0n) is 10.6. The molecule has 18 heavy (non-hydrogen) atoms. The normalized spacial score (nSPS) is 24.8. The van der Waals surface area contributed by atoms with E-state index in [4.69, 9.17) is 5.11 Å². The summed E-state index contributed by atoms with van der Waals surface area (Å²) in [5.41, 5.74) is -0.0269. The fourth-order valence-corrected chi connectivity index (χ4v) is 2.17. The molecule has 0 bridgehead atoms. The number of carbonyl (C=O) groups is 1. The molecule has 1 aromatic rings. The molecule has 0 amide bonds. The van der Waals surface area contributed by atoms with Crippen LogP contribution in [0.5, 0.6) is 0 Å². The van der Waals surface area contributed by atoms with Crippen LogP contribution in [0, 0.1) is 0 Å². The van der Waals surface area contributed by atoms with Crippen LogP contribution in [0.1, 0.15) is 30.3 Å². The summed E-state index contributed by atoms with van der Waals surface area (Å²) in [5, 5.41) is 12.1. The second-order valence-corrected chi connectivity index (χ2v) is 4.79. The van der Waals surface area contributed by atoms with Crippen molar-refractivity contribution in [3.8, 4) is 0 Å². The van der Waals surface area contributed by atoms with Gasteiger partial charge in [-0.2, -0.15) is 0 Å². The Bertz CT molecular complexity index is 438. The molecular weight excluding hydrogens is 232 g/mol. The lowest BCUT2D eigenvalue weighted by Gasteiger charge is -2.35. The third-order valence-corrected chi connectivity index (χ3v) is 3.41. The number of likely N-dealkylation sites (tertiary alicyclic amines) is 1. The second-order valence-electron chi connectivity index (χ2n) is 4.79. The summed E-state index contributed by atoms with van der Waals surface area (Å²) in [4.78, 5) is 21.0. The van der Waals surface area contributed by atoms with E-state index in [-0.39, 0.29) is 5.69 Å². The van der Waals surface area contributed by atoms with Crippen LogP contribution in [0.4, 0.5) is 5.82 Å². The van der Waals surface area contributed by atoms with Crippen LogP contribution in [0.25, 0.3) is 0 Å². The highest BCUT2D eigenvalue weighted by atomic mass is 16.4. The van der Waals surface area contributed by atoms with Crippen molar-refractivity contribution in [1.29, 1.82) is 0 Å². The van der Waals surface area contributed by atoms with Gasteiger partial charge in [-0.05, 0) is 26.8 Å². The predicted molar refractivity (Wildman–Crippen MR) is 67.7 cm³/mol. The zero-order chi connectivity index (χ0) is 13.1. The molecule has 1 aliphatic rings. The lowest BCUT2D eigenvalue weighted by atomic mass is 9.99. The molecule has 2 atom stereocenters. The van der Waals surface area contributed by atoms with E-state index >= 15 is 0 Å². The van der Waals surface area contributed by atoms with Crippen LogP contribution in [-0.4, -0.2) is 51.6 Å². The van der Waals surface area contributed by atoms with Crippen molar-refractivity contribution < 1.29 is 9.90 Å². The molecule has 2 heterocycles. The van der Waals surface area contributed by atoms with E-state index in [1.807, 2.05) is 0 Å². The minimum absolute atomic E-state index is 0.0269. The summed E-state index contributed by atoms with van der Waals surface area (Å²) in [7, 11) is 2.12. The molecule has 2 rings (SSSR count). The highest BCUT2D eigenvalue weighted by molar-refractivity contribution is 5.85. The van der Waals surface area contributed by atoms with Crippen molar-refractivity contribution in [2.45, 2.75) is 31.8 Å². The first-order valence-corrected chi connectivity index (χ1v) is 6.08. The van der Waals surface area contributed by atoms with E-state index in [1.165, 1.54) is 6.20 Å². The van der Waals surface area contributed by atoms with Crippen LogP contribution in [0.3, 0.4) is 0 Å². The lowest BCUT2D eigenvalue weighted by molar-refractivity contribution is 0.0690. The van der Waals surface area contributed by atoms with E-state index in [0.29, 0.717) is 17.9 Å². The number of carboxylic acid groups (broad SMARTS) is 1. The molecule has 1 saturated heterocycles. The molecular formula is C12H18N4O2. The number of nitrogens with zero attached hydrogens (tertiary/aromatic N) is 3. The van der Waals surface area contributed by atoms with Gasteiger partial charge in [0.15, 0.2) is 5.69 Å². The van der Waals surface area contributed by atoms with Crippen molar-refractivity contribution in [1.82, 2.24) is 14.9 Å². The van der Waals surface area contributed by atoms with Crippen LogP contribution < -0.4 is 5.32 Å². The van der Waals surface area contributed by atoms with Crippen molar-refractivity contribution in [2.24, 2.45) is 0 Å². The Morgan fingerprint density at radius 2 is 2.33 bits per heavy atom. The van der Waals surface area contributed by atoms with Crippen LogP contribution in [-0.2, 0) is 0 Å². The van der Waals surface area contributed by atoms with Gasteiger partial charge in [0, 0.05) is 18.6 Å². The third-order valence-electron chi connectivity index (χ3n) is 3.41. The Balaban J connectivity index is 2.01. The van der Waals surface area contributed by atoms with Gasteiger partial charge in [-0.3, -0.25) is 4.98 Å². The standard InChI is InChI=1S/C12H18N4O2/c1-8-5-9(3-4-16(8)2)14-11-7-13-6-10(15-11)12(17)18/h6-9H,3-5H2,1-2H3,(H,14,15)(H,17,18). The first kappa shape index (κ1) is 12.8. The molecule has 0 aliphatic carbocycles. The van der Waals surface area contributed by atoms with Crippen molar-refractivity contribution in [3.63, 3.8) is 0 Å². The number of hydrogen-bond acceptors (Lipinski definition) is 5. The SMILES string of the molecule is CC1CC(Nc2cncc(C(=O)O)n2)CCN1C. The maximum absolute atomic E-state index is 10.8. The smallest absolute Gasteiger partial charge is 0.356 e. The molecule has 0 radical (unpaired) electrons. The summed E-state index contributed by atoms with van der Waals surface area (Å²) >= 11 is 0. The molecule has 0 spiro atoms. The Kier molecular flexibility index (Phi) is 3.76. The van der Waals surface area contributed by atoms with Crippen molar-refractivity contribution in [2.75, 3.05) is 18.9 Å². The summed E-state index contributed by atoms with van der Waals surface area (Å²) in [5.74, 6) is -0.514. The van der Waals surface area contributed by atoms with Crippen molar-refractivity contribution in [3.05, 3.63) is 18.1 Å². The summed E-state index contributed by atoms with van der Waals surface area (Å²) in [6.45, 7) is 3.22. The van der Waals surface area contributed by atoms with E-state index < -0.39 is 5.97 Å². The maximum Gasteiger partial charge on any atom is 0.356 e. The Morgan fingerprint density at radius 3 is 3.00 bits per heavy atom. The van der Waals surface area contributed by atoms with Gasteiger partial charge in [-0.15, -0.1) is 0 Å². The number of anilines is 1. The molecule has 1 aromatic heterocycles. The minimum Gasteiger partial charge on any atom is -0.476 e. The monoisotopic (exact) mass is 250 g/mol. The summed E-state index contributed by atoms with van der Waals surface area (Å²) in [6, 6.07) is 0.849. The minimum atomic E-state index is -1.05. The van der Waals surface area contributed by atoms with Crippen LogP contribution in [0.2, 0.25) is 0 Å². The van der Waals surface area contributed by atoms with Gasteiger partial charge in [0.05, 0.1) is 12.4 Å². The summed E-state index contributed by atoms with van der Waals surface area (Å²) in [6.07, 6.45) is 4.87. The topological polar surface area (TPSA) is 78.3 Å². The first-order valence-electron chi connectivity index (χ1n) is 6.08. The molecule has 0 aromatic carbocycles. The number of nitrogens with one attached hydrogen (secondary N) is 1. The highest BCUT2D eigenvalue weighted by Gasteiger charge is 2.23. The van der Waals surface area contributed by atoms with E-state index in [2.05, 4.69) is 34.2 Å². The van der Waals surface area contributed by atoms with Gasteiger partial charge in [0.25, 0.3) is 0 Å². The van der Waals surface area contributed by atoms with Crippen molar-refractivity contribution >= 4 is 11.8 Å². The van der Waals surface area contributed by atoms with Gasteiger partial charge < -0.3 is 15.3 Å². The fourth-order valence-electron chi connectivity index (χ4n) is 2.17. The quantitative estimate of drug-likeness (QED) is 0.835. The Morgan fingerprint density at radius 1 is 1.56 bits per heavy atom. The third kappa shape index (κ3) is 2.95. The number of aromatic nitrogens is 2. The van der Waals surface area contributed by atoms with Gasteiger partial charge in [0.2, 0.25) is 0 Å². The average Bonchev–Trinajstić information content (AvgIpc) is 2.34. The molecule has 1 fully saturated rings. The fraction of sp³-hybridized carbons (Fsp3) is 0.583. The lowest BCUT2D eigenvalue weighted by Crippen LogP contribution is -2.42. The second kappa shape index (κ2) is 5.30. The predicted octanol–water partition coefficient (Wildman–Crippen LogP) is 1.07. The van der Waals surface area contributed by atoms with Gasteiger partial charge >= 0.3 is 5.97 Å². The molecule has 1 aliphatic heterocycles. The van der Waals surface area contributed by atoms with Gasteiger partial charge in [0.1, 0.15) is 5.82 Å². The Labute approximate surface area is 106 Å². The van der Waals surface area contributed by atoms with Gasteiger partial charge in [-0.1, -0.05) is 0 Å². The summed E-state index contributed by atoms with van der Waals surface area (Å²) < 4.78 is 0. The van der Waals surface area contributed by atoms with E-state index in [9.17, 15) is 4.79 Å². The van der Waals surface area contributed by atoms with Crippen LogP contribution in [0.15, 0.2) is 12.4 Å². The molecule has 2 unspecified atom stereocenters. The molecule has 0 saturated carbocycles. The zero-order valence-corrected chi connectivity index (χ0v) is 10.6. The average molecular weight is 250 g/mol. The maximum atomic E-state index is 10.8. The largest absolute Gasteiger partial charge is 0.476 e. The molecule has 6 nitrogen and oxygen atoms in total. The highest BCUT2D eigenvalue weighted by Crippen LogP contribution is 2.18. The van der Waals surface area contributed by atoms with E-state index in [0.717, 1.165) is 19.4 Å². The molecule has 2 N–H and O–H groups in total. The van der Waals surface area contributed by atoms with E-state index in [1.54, 1.807) is 6.20 Å². The number of rotatable bonds is 3. The Hall–Kier alpha value is -1.69.